The summed E-state index contributed by atoms with van der Waals surface area (Å²) in [5.41, 5.74) is 0.499. The van der Waals surface area contributed by atoms with Crippen molar-refractivity contribution >= 4 is 29.9 Å². The molecule has 1 aliphatic heterocycles. The Morgan fingerprint density at radius 1 is 1.22 bits per heavy atom. The molecule has 0 saturated carbocycles. The summed E-state index contributed by atoms with van der Waals surface area (Å²) in [5, 5.41) is 6.15. The predicted octanol–water partition coefficient (Wildman–Crippen LogP) is 3.32. The largest absolute Gasteiger partial charge is 0.401 e. The lowest BCUT2D eigenvalue weighted by Crippen LogP contribution is -2.45. The van der Waals surface area contributed by atoms with Crippen molar-refractivity contribution in [3.63, 3.8) is 0 Å². The molecule has 1 saturated heterocycles. The molecule has 0 aliphatic carbocycles. The Kier molecular flexibility index (Phi) is 9.71. The number of rotatable bonds is 6. The molecule has 0 bridgehead atoms. The van der Waals surface area contributed by atoms with Crippen molar-refractivity contribution in [3.8, 4) is 0 Å². The molecule has 27 heavy (non-hydrogen) atoms. The number of guanidine groups is 1. The van der Waals surface area contributed by atoms with E-state index in [1.165, 1.54) is 17.0 Å². The zero-order valence-electron chi connectivity index (χ0n) is 15.0. The van der Waals surface area contributed by atoms with Crippen LogP contribution < -0.4 is 10.6 Å². The molecular weight excluding hydrogens is 482 g/mol. The number of alkyl halides is 3. The lowest BCUT2D eigenvalue weighted by Gasteiger charge is -2.19. The van der Waals surface area contributed by atoms with Crippen LogP contribution in [0.4, 0.5) is 22.0 Å². The Hall–Kier alpha value is -1.17. The van der Waals surface area contributed by atoms with Crippen molar-refractivity contribution in [2.45, 2.75) is 32.0 Å². The topological polar surface area (TPSA) is 39.7 Å². The summed E-state index contributed by atoms with van der Waals surface area (Å²) in [4.78, 5) is 5.70. The summed E-state index contributed by atoms with van der Waals surface area (Å²) in [7, 11) is 0. The van der Waals surface area contributed by atoms with Crippen molar-refractivity contribution in [3.05, 3.63) is 35.4 Å². The molecular formula is C17H24F5IN4. The van der Waals surface area contributed by atoms with E-state index in [4.69, 9.17) is 0 Å². The molecule has 1 aromatic rings. The molecule has 10 heteroatoms. The summed E-state index contributed by atoms with van der Waals surface area (Å²) in [6.07, 6.45) is -3.25. The Morgan fingerprint density at radius 3 is 2.48 bits per heavy atom. The van der Waals surface area contributed by atoms with E-state index in [1.807, 2.05) is 6.92 Å². The van der Waals surface area contributed by atoms with Gasteiger partial charge in [0.05, 0.1) is 6.54 Å². The number of nitrogens with zero attached hydrogens (tertiary/aromatic N) is 2. The van der Waals surface area contributed by atoms with Crippen LogP contribution in [0.5, 0.6) is 0 Å². The number of benzene rings is 1. The van der Waals surface area contributed by atoms with Gasteiger partial charge < -0.3 is 10.6 Å². The van der Waals surface area contributed by atoms with Crippen LogP contribution in [0.15, 0.2) is 23.2 Å². The Bertz CT molecular complexity index is 604. The first-order valence-electron chi connectivity index (χ1n) is 8.54. The highest BCUT2D eigenvalue weighted by molar-refractivity contribution is 14.0. The molecule has 1 unspecified atom stereocenters. The SMILES string of the molecule is CCNC(=NCCc1cc(F)cc(F)c1)NC1CCN(CC(F)(F)F)C1.I. The van der Waals surface area contributed by atoms with Gasteiger partial charge in [-0.25, -0.2) is 8.78 Å². The highest BCUT2D eigenvalue weighted by atomic mass is 127. The minimum Gasteiger partial charge on any atom is -0.357 e. The molecule has 4 nitrogen and oxygen atoms in total. The normalized spacial score (nSPS) is 18.3. The van der Waals surface area contributed by atoms with E-state index in [0.29, 0.717) is 50.5 Å². The fourth-order valence-electron chi connectivity index (χ4n) is 2.91. The summed E-state index contributed by atoms with van der Waals surface area (Å²) in [6.45, 7) is 2.53. The molecule has 1 heterocycles. The molecule has 2 rings (SSSR count). The molecule has 0 radical (unpaired) electrons. The minimum absolute atomic E-state index is 0. The van der Waals surface area contributed by atoms with Crippen LogP contribution in [-0.4, -0.2) is 55.8 Å². The lowest BCUT2D eigenvalue weighted by atomic mass is 10.1. The maximum absolute atomic E-state index is 13.2. The van der Waals surface area contributed by atoms with E-state index >= 15 is 0 Å². The standard InChI is InChI=1S/C17H23F5N4.HI/c1-2-23-16(24-5-3-12-7-13(18)9-14(19)8-12)25-15-4-6-26(10-15)11-17(20,21)22;/h7-9,15H,2-6,10-11H2,1H3,(H2,23,24,25);1H. The number of hydrogen-bond donors (Lipinski definition) is 2. The van der Waals surface area contributed by atoms with E-state index in [1.54, 1.807) is 0 Å². The maximum atomic E-state index is 13.2. The molecule has 0 aromatic heterocycles. The van der Waals surface area contributed by atoms with E-state index in [2.05, 4.69) is 15.6 Å². The lowest BCUT2D eigenvalue weighted by molar-refractivity contribution is -0.143. The average molecular weight is 506 g/mol. The molecule has 0 amide bonds. The van der Waals surface area contributed by atoms with Gasteiger partial charge in [-0.15, -0.1) is 24.0 Å². The first-order valence-corrected chi connectivity index (χ1v) is 8.54. The summed E-state index contributed by atoms with van der Waals surface area (Å²) in [6, 6.07) is 3.20. The Balaban J connectivity index is 0.00000364. The molecule has 2 N–H and O–H groups in total. The van der Waals surface area contributed by atoms with Gasteiger partial charge in [0, 0.05) is 38.3 Å². The van der Waals surface area contributed by atoms with Gasteiger partial charge >= 0.3 is 6.18 Å². The van der Waals surface area contributed by atoms with E-state index in [-0.39, 0.29) is 30.0 Å². The van der Waals surface area contributed by atoms with Gasteiger partial charge in [-0.3, -0.25) is 9.89 Å². The van der Waals surface area contributed by atoms with Crippen molar-refractivity contribution in [1.82, 2.24) is 15.5 Å². The van der Waals surface area contributed by atoms with Gasteiger partial charge in [0.15, 0.2) is 5.96 Å². The molecule has 154 valence electrons. The van der Waals surface area contributed by atoms with Crippen LogP contribution in [-0.2, 0) is 6.42 Å². The molecule has 1 aromatic carbocycles. The fraction of sp³-hybridized carbons (Fsp3) is 0.588. The monoisotopic (exact) mass is 506 g/mol. The molecule has 1 aliphatic rings. The Morgan fingerprint density at radius 2 is 1.89 bits per heavy atom. The fourth-order valence-corrected chi connectivity index (χ4v) is 2.91. The van der Waals surface area contributed by atoms with Gasteiger partial charge in [-0.05, 0) is 37.5 Å². The van der Waals surface area contributed by atoms with Crippen LogP contribution in [0, 0.1) is 11.6 Å². The van der Waals surface area contributed by atoms with Gasteiger partial charge in [0.1, 0.15) is 11.6 Å². The van der Waals surface area contributed by atoms with Crippen molar-refractivity contribution in [2.24, 2.45) is 4.99 Å². The second-order valence-corrected chi connectivity index (χ2v) is 6.27. The van der Waals surface area contributed by atoms with Crippen LogP contribution >= 0.6 is 24.0 Å². The number of hydrogen-bond acceptors (Lipinski definition) is 2. The second-order valence-electron chi connectivity index (χ2n) is 6.27. The van der Waals surface area contributed by atoms with Crippen molar-refractivity contribution in [1.29, 1.82) is 0 Å². The van der Waals surface area contributed by atoms with Gasteiger partial charge in [0.25, 0.3) is 0 Å². The van der Waals surface area contributed by atoms with E-state index in [9.17, 15) is 22.0 Å². The number of nitrogens with one attached hydrogen (secondary N) is 2. The third-order valence-electron chi connectivity index (χ3n) is 3.95. The van der Waals surface area contributed by atoms with Crippen LogP contribution in [0.25, 0.3) is 0 Å². The quantitative estimate of drug-likeness (QED) is 0.269. The van der Waals surface area contributed by atoms with Gasteiger partial charge in [-0.1, -0.05) is 0 Å². The summed E-state index contributed by atoms with van der Waals surface area (Å²) >= 11 is 0. The van der Waals surface area contributed by atoms with E-state index < -0.39 is 24.4 Å². The third kappa shape index (κ3) is 9.04. The molecule has 1 atom stereocenters. The van der Waals surface area contributed by atoms with Crippen LogP contribution in [0.3, 0.4) is 0 Å². The number of halogens is 6. The zero-order chi connectivity index (χ0) is 19.2. The zero-order valence-corrected chi connectivity index (χ0v) is 17.3. The van der Waals surface area contributed by atoms with Crippen LogP contribution in [0.1, 0.15) is 18.9 Å². The van der Waals surface area contributed by atoms with Crippen molar-refractivity contribution < 1.29 is 22.0 Å². The molecule has 0 spiro atoms. The Labute approximate surface area is 172 Å². The average Bonchev–Trinajstić information content (AvgIpc) is 2.91. The predicted molar refractivity (Wildman–Crippen MR) is 105 cm³/mol. The van der Waals surface area contributed by atoms with Gasteiger partial charge in [-0.2, -0.15) is 13.2 Å². The maximum Gasteiger partial charge on any atom is 0.401 e. The summed E-state index contributed by atoms with van der Waals surface area (Å²) < 4.78 is 63.7. The number of aliphatic imine (C=N–C) groups is 1. The number of likely N-dealkylation sites (tertiary alicyclic amines) is 1. The first-order chi connectivity index (χ1) is 12.2. The first kappa shape index (κ1) is 23.9. The van der Waals surface area contributed by atoms with Crippen LogP contribution in [0.2, 0.25) is 0 Å². The summed E-state index contributed by atoms with van der Waals surface area (Å²) in [5.74, 6) is -0.780. The third-order valence-corrected chi connectivity index (χ3v) is 3.95. The smallest absolute Gasteiger partial charge is 0.357 e. The minimum atomic E-state index is -4.20. The van der Waals surface area contributed by atoms with E-state index in [0.717, 1.165) is 6.07 Å². The second kappa shape index (κ2) is 11.0. The highest BCUT2D eigenvalue weighted by Gasteiger charge is 2.34. The highest BCUT2D eigenvalue weighted by Crippen LogP contribution is 2.19. The van der Waals surface area contributed by atoms with Crippen molar-refractivity contribution in [2.75, 3.05) is 32.7 Å². The molecule has 1 fully saturated rings. The van der Waals surface area contributed by atoms with Gasteiger partial charge in [0.2, 0.25) is 0 Å².